The molecule has 1 aromatic carbocycles. The van der Waals surface area contributed by atoms with Crippen molar-refractivity contribution >= 4 is 29.3 Å². The molecule has 0 amide bonds. The van der Waals surface area contributed by atoms with Crippen molar-refractivity contribution in [1.29, 1.82) is 0 Å². The van der Waals surface area contributed by atoms with Gasteiger partial charge < -0.3 is 15.5 Å². The number of ether oxygens (including phenoxy) is 1. The number of para-hydroxylation sites is 1. The fourth-order valence-corrected chi connectivity index (χ4v) is 1.98. The third-order valence-electron chi connectivity index (χ3n) is 2.80. The molecule has 1 heterocycles. The van der Waals surface area contributed by atoms with Crippen LogP contribution in [0.5, 0.6) is 0 Å². The van der Waals surface area contributed by atoms with E-state index in [2.05, 4.69) is 4.98 Å². The summed E-state index contributed by atoms with van der Waals surface area (Å²) in [7, 11) is 0. The number of carbonyl (C=O) groups excluding carboxylic acids is 1. The summed E-state index contributed by atoms with van der Waals surface area (Å²) in [6.45, 7) is 2.42. The topological polar surface area (TPSA) is 68.1 Å². The summed E-state index contributed by atoms with van der Waals surface area (Å²) in [5, 5.41) is 1.02. The van der Waals surface area contributed by atoms with E-state index in [-0.39, 0.29) is 24.9 Å². The molecule has 0 aliphatic rings. The zero-order valence-corrected chi connectivity index (χ0v) is 11.0. The number of nitrogens with one attached hydrogen (secondary N) is 1. The standard InChI is InChI=1S/C13H16N2O2.ClH/c1-2-17-13(16)10(7-14)11-8-15-12-6-4-3-5-9(11)12;/h3-6,8,10,15H,2,7,14H2,1H3;1H/t10-;/m1./s1. The van der Waals surface area contributed by atoms with E-state index >= 15 is 0 Å². The van der Waals surface area contributed by atoms with Gasteiger partial charge in [0.15, 0.2) is 0 Å². The van der Waals surface area contributed by atoms with Crippen LogP contribution in [-0.2, 0) is 9.53 Å². The first kappa shape index (κ1) is 14.5. The minimum atomic E-state index is -0.397. The van der Waals surface area contributed by atoms with E-state index in [1.807, 2.05) is 30.5 Å². The number of esters is 1. The third kappa shape index (κ3) is 2.66. The summed E-state index contributed by atoms with van der Waals surface area (Å²) in [4.78, 5) is 14.9. The minimum Gasteiger partial charge on any atom is -0.465 e. The fourth-order valence-electron chi connectivity index (χ4n) is 1.98. The van der Waals surface area contributed by atoms with E-state index in [1.54, 1.807) is 6.92 Å². The van der Waals surface area contributed by atoms with Crippen molar-refractivity contribution in [2.24, 2.45) is 5.73 Å². The summed E-state index contributed by atoms with van der Waals surface area (Å²) >= 11 is 0. The van der Waals surface area contributed by atoms with Crippen molar-refractivity contribution in [3.8, 4) is 0 Å². The van der Waals surface area contributed by atoms with Crippen molar-refractivity contribution in [2.45, 2.75) is 12.8 Å². The molecular formula is C13H17ClN2O2. The highest BCUT2D eigenvalue weighted by atomic mass is 35.5. The third-order valence-corrected chi connectivity index (χ3v) is 2.80. The van der Waals surface area contributed by atoms with E-state index in [4.69, 9.17) is 10.5 Å². The highest BCUT2D eigenvalue weighted by molar-refractivity contribution is 5.90. The van der Waals surface area contributed by atoms with E-state index in [0.29, 0.717) is 6.61 Å². The Hall–Kier alpha value is -1.52. The lowest BCUT2D eigenvalue weighted by Crippen LogP contribution is -2.23. The second kappa shape index (κ2) is 6.42. The smallest absolute Gasteiger partial charge is 0.314 e. The van der Waals surface area contributed by atoms with Crippen molar-refractivity contribution in [2.75, 3.05) is 13.2 Å². The van der Waals surface area contributed by atoms with Crippen LogP contribution in [0.1, 0.15) is 18.4 Å². The van der Waals surface area contributed by atoms with Crippen molar-refractivity contribution in [1.82, 2.24) is 4.98 Å². The number of carbonyl (C=O) groups is 1. The molecule has 98 valence electrons. The monoisotopic (exact) mass is 268 g/mol. The van der Waals surface area contributed by atoms with E-state index < -0.39 is 5.92 Å². The first-order chi connectivity index (χ1) is 8.27. The van der Waals surface area contributed by atoms with Crippen LogP contribution in [0, 0.1) is 0 Å². The molecule has 0 bridgehead atoms. The average molecular weight is 269 g/mol. The van der Waals surface area contributed by atoms with Gasteiger partial charge in [-0.1, -0.05) is 18.2 Å². The number of nitrogens with two attached hydrogens (primary N) is 1. The van der Waals surface area contributed by atoms with Crippen LogP contribution in [0.4, 0.5) is 0 Å². The molecule has 1 aromatic heterocycles. The predicted molar refractivity (Wildman–Crippen MR) is 74.0 cm³/mol. The molecule has 0 saturated carbocycles. The summed E-state index contributed by atoms with van der Waals surface area (Å²) in [6.07, 6.45) is 1.83. The maximum absolute atomic E-state index is 11.8. The Morgan fingerprint density at radius 2 is 2.17 bits per heavy atom. The molecule has 0 radical (unpaired) electrons. The fraction of sp³-hybridized carbons (Fsp3) is 0.308. The Kier molecular flexibility index (Phi) is 5.19. The van der Waals surface area contributed by atoms with E-state index in [1.165, 1.54) is 0 Å². The number of halogens is 1. The number of rotatable bonds is 4. The maximum atomic E-state index is 11.8. The SMILES string of the molecule is CCOC(=O)[C@H](CN)c1c[nH]c2ccccc12.Cl. The van der Waals surface area contributed by atoms with Gasteiger partial charge in [-0.25, -0.2) is 0 Å². The van der Waals surface area contributed by atoms with Gasteiger partial charge >= 0.3 is 5.97 Å². The van der Waals surface area contributed by atoms with Crippen LogP contribution in [0.15, 0.2) is 30.5 Å². The lowest BCUT2D eigenvalue weighted by molar-refractivity contribution is -0.144. The Labute approximate surface area is 112 Å². The van der Waals surface area contributed by atoms with Crippen LogP contribution in [0.2, 0.25) is 0 Å². The minimum absolute atomic E-state index is 0. The Morgan fingerprint density at radius 1 is 1.44 bits per heavy atom. The van der Waals surface area contributed by atoms with Crippen LogP contribution >= 0.6 is 12.4 Å². The number of hydrogen-bond donors (Lipinski definition) is 2. The summed E-state index contributed by atoms with van der Waals surface area (Å²) in [5.41, 5.74) is 7.58. The van der Waals surface area contributed by atoms with Crippen molar-refractivity contribution < 1.29 is 9.53 Å². The van der Waals surface area contributed by atoms with E-state index in [9.17, 15) is 4.79 Å². The lowest BCUT2D eigenvalue weighted by Gasteiger charge is -2.12. The van der Waals surface area contributed by atoms with Crippen molar-refractivity contribution in [3.63, 3.8) is 0 Å². The molecule has 0 aliphatic heterocycles. The van der Waals surface area contributed by atoms with Gasteiger partial charge in [-0.3, -0.25) is 4.79 Å². The number of H-pyrrole nitrogens is 1. The molecule has 5 heteroatoms. The number of aromatic amines is 1. The molecule has 0 saturated heterocycles. The average Bonchev–Trinajstić information content (AvgIpc) is 2.75. The van der Waals surface area contributed by atoms with Crippen molar-refractivity contribution in [3.05, 3.63) is 36.0 Å². The molecule has 4 nitrogen and oxygen atoms in total. The zero-order chi connectivity index (χ0) is 12.3. The Bertz CT molecular complexity index is 524. The Morgan fingerprint density at radius 3 is 2.83 bits per heavy atom. The summed E-state index contributed by atoms with van der Waals surface area (Å²) in [5.74, 6) is -0.661. The number of fused-ring (bicyclic) bond motifs is 1. The second-order valence-electron chi connectivity index (χ2n) is 3.83. The summed E-state index contributed by atoms with van der Waals surface area (Å²) < 4.78 is 5.03. The van der Waals surface area contributed by atoms with Gasteiger partial charge in [0.05, 0.1) is 12.5 Å². The largest absolute Gasteiger partial charge is 0.465 e. The number of hydrogen-bond acceptors (Lipinski definition) is 3. The number of benzene rings is 1. The van der Waals surface area contributed by atoms with E-state index in [0.717, 1.165) is 16.5 Å². The summed E-state index contributed by atoms with van der Waals surface area (Å²) in [6, 6.07) is 7.84. The lowest BCUT2D eigenvalue weighted by atomic mass is 9.99. The molecule has 0 aliphatic carbocycles. The van der Waals surface area contributed by atoms with Gasteiger partial charge in [0.25, 0.3) is 0 Å². The normalized spacial score (nSPS) is 11.9. The molecule has 18 heavy (non-hydrogen) atoms. The number of aromatic nitrogens is 1. The van der Waals surface area contributed by atoms with Crippen LogP contribution in [-0.4, -0.2) is 24.1 Å². The molecule has 2 rings (SSSR count). The van der Waals surface area contributed by atoms with Gasteiger partial charge in [0.1, 0.15) is 0 Å². The van der Waals surface area contributed by atoms with Gasteiger partial charge in [0.2, 0.25) is 0 Å². The Balaban J connectivity index is 0.00000162. The highest BCUT2D eigenvalue weighted by Crippen LogP contribution is 2.25. The van der Waals surface area contributed by atoms with Crippen LogP contribution in [0.3, 0.4) is 0 Å². The van der Waals surface area contributed by atoms with Gasteiger partial charge in [0, 0.05) is 23.6 Å². The second-order valence-corrected chi connectivity index (χ2v) is 3.83. The van der Waals surface area contributed by atoms with Gasteiger partial charge in [-0.05, 0) is 18.6 Å². The maximum Gasteiger partial charge on any atom is 0.314 e. The van der Waals surface area contributed by atoms with Crippen LogP contribution in [0.25, 0.3) is 10.9 Å². The van der Waals surface area contributed by atoms with Gasteiger partial charge in [-0.15, -0.1) is 12.4 Å². The molecular weight excluding hydrogens is 252 g/mol. The molecule has 0 unspecified atom stereocenters. The molecule has 0 fully saturated rings. The molecule has 2 aromatic rings. The first-order valence-electron chi connectivity index (χ1n) is 5.70. The van der Waals surface area contributed by atoms with Crippen LogP contribution < -0.4 is 5.73 Å². The molecule has 0 spiro atoms. The first-order valence-corrected chi connectivity index (χ1v) is 5.70. The molecule has 1 atom stereocenters. The van der Waals surface area contributed by atoms with Gasteiger partial charge in [-0.2, -0.15) is 0 Å². The zero-order valence-electron chi connectivity index (χ0n) is 10.2. The quantitative estimate of drug-likeness (QED) is 0.836. The highest BCUT2D eigenvalue weighted by Gasteiger charge is 2.23. The predicted octanol–water partition coefficient (Wildman–Crippen LogP) is 2.20. The molecule has 3 N–H and O–H groups in total.